The van der Waals surface area contributed by atoms with Gasteiger partial charge in [0.05, 0.1) is 12.0 Å². The van der Waals surface area contributed by atoms with Gasteiger partial charge in [0.15, 0.2) is 0 Å². The van der Waals surface area contributed by atoms with E-state index in [-0.39, 0.29) is 11.9 Å². The summed E-state index contributed by atoms with van der Waals surface area (Å²) in [6.07, 6.45) is 2.23. The van der Waals surface area contributed by atoms with Gasteiger partial charge in [-0.25, -0.2) is 0 Å². The van der Waals surface area contributed by atoms with Crippen molar-refractivity contribution in [3.05, 3.63) is 0 Å². The van der Waals surface area contributed by atoms with E-state index in [1.807, 2.05) is 0 Å². The summed E-state index contributed by atoms with van der Waals surface area (Å²) in [6.45, 7) is 4.12. The predicted molar refractivity (Wildman–Crippen MR) is 70.4 cm³/mol. The molecule has 0 spiro atoms. The molecule has 0 aromatic rings. The molecular formula is C13H24N2O4. The summed E-state index contributed by atoms with van der Waals surface area (Å²) in [6, 6.07) is 0. The average molecular weight is 272 g/mol. The Morgan fingerprint density at radius 1 is 1.37 bits per heavy atom. The van der Waals surface area contributed by atoms with Crippen molar-refractivity contribution in [1.82, 2.24) is 5.32 Å². The molecule has 0 aromatic carbocycles. The van der Waals surface area contributed by atoms with E-state index in [2.05, 4.69) is 5.32 Å². The largest absolute Gasteiger partial charge is 0.466 e. The monoisotopic (exact) mass is 272 g/mol. The Balaban J connectivity index is 2.27. The van der Waals surface area contributed by atoms with Crippen LogP contribution in [-0.2, 0) is 19.1 Å². The zero-order valence-corrected chi connectivity index (χ0v) is 11.6. The van der Waals surface area contributed by atoms with Gasteiger partial charge in [-0.05, 0) is 26.2 Å². The summed E-state index contributed by atoms with van der Waals surface area (Å²) >= 11 is 0. The lowest BCUT2D eigenvalue weighted by molar-refractivity contribution is -0.143. The summed E-state index contributed by atoms with van der Waals surface area (Å²) in [5.74, 6) is -0.251. The van der Waals surface area contributed by atoms with Crippen LogP contribution in [0.5, 0.6) is 0 Å². The van der Waals surface area contributed by atoms with Crippen LogP contribution >= 0.6 is 0 Å². The van der Waals surface area contributed by atoms with Gasteiger partial charge in [0.1, 0.15) is 0 Å². The van der Waals surface area contributed by atoms with Gasteiger partial charge in [-0.15, -0.1) is 0 Å². The second kappa shape index (κ2) is 8.12. The molecule has 1 aliphatic rings. The number of nitrogens with one attached hydrogen (secondary N) is 1. The molecule has 1 heterocycles. The first-order valence-electron chi connectivity index (χ1n) is 6.86. The number of amides is 1. The Labute approximate surface area is 114 Å². The zero-order chi connectivity index (χ0) is 14.1. The number of hydrogen-bond acceptors (Lipinski definition) is 5. The standard InChI is InChI=1S/C13H24N2O4/c1-2-19-11(16)4-3-7-15-12(17)13(10-14)5-8-18-9-6-13/h2-10,14H2,1H3,(H,15,17). The molecule has 1 aliphatic heterocycles. The normalized spacial score (nSPS) is 17.8. The molecule has 6 nitrogen and oxygen atoms in total. The SMILES string of the molecule is CCOC(=O)CCCNC(=O)C1(CN)CCOCC1. The fourth-order valence-corrected chi connectivity index (χ4v) is 2.14. The Morgan fingerprint density at radius 3 is 2.63 bits per heavy atom. The van der Waals surface area contributed by atoms with Crippen LogP contribution in [-0.4, -0.2) is 44.8 Å². The molecule has 3 N–H and O–H groups in total. The Morgan fingerprint density at radius 2 is 2.05 bits per heavy atom. The van der Waals surface area contributed by atoms with Gasteiger partial charge >= 0.3 is 5.97 Å². The van der Waals surface area contributed by atoms with Crippen molar-refractivity contribution in [1.29, 1.82) is 0 Å². The fourth-order valence-electron chi connectivity index (χ4n) is 2.14. The molecule has 110 valence electrons. The zero-order valence-electron chi connectivity index (χ0n) is 11.6. The first-order chi connectivity index (χ1) is 9.14. The number of hydrogen-bond donors (Lipinski definition) is 2. The lowest BCUT2D eigenvalue weighted by atomic mass is 9.79. The first kappa shape index (κ1) is 15.9. The molecule has 0 aliphatic carbocycles. The van der Waals surface area contributed by atoms with Crippen LogP contribution in [0.3, 0.4) is 0 Å². The number of carbonyl (C=O) groups is 2. The number of nitrogens with two attached hydrogens (primary N) is 1. The van der Waals surface area contributed by atoms with E-state index in [0.717, 1.165) is 0 Å². The van der Waals surface area contributed by atoms with Gasteiger partial charge in [-0.3, -0.25) is 9.59 Å². The van der Waals surface area contributed by atoms with Crippen molar-refractivity contribution in [2.45, 2.75) is 32.6 Å². The van der Waals surface area contributed by atoms with E-state index in [0.29, 0.717) is 58.6 Å². The first-order valence-corrected chi connectivity index (χ1v) is 6.86. The molecule has 0 radical (unpaired) electrons. The molecule has 0 bridgehead atoms. The highest BCUT2D eigenvalue weighted by atomic mass is 16.5. The third-order valence-electron chi connectivity index (χ3n) is 3.47. The maximum absolute atomic E-state index is 12.2. The number of esters is 1. The molecule has 1 amide bonds. The smallest absolute Gasteiger partial charge is 0.305 e. The fraction of sp³-hybridized carbons (Fsp3) is 0.846. The number of ether oxygens (including phenoxy) is 2. The van der Waals surface area contributed by atoms with Gasteiger partial charge in [0.2, 0.25) is 5.91 Å². The van der Waals surface area contributed by atoms with Crippen molar-refractivity contribution in [2.75, 3.05) is 32.9 Å². The minimum absolute atomic E-state index is 0.0258. The summed E-state index contributed by atoms with van der Waals surface area (Å²) in [5, 5.41) is 2.86. The molecule has 0 unspecified atom stereocenters. The minimum Gasteiger partial charge on any atom is -0.466 e. The van der Waals surface area contributed by atoms with E-state index >= 15 is 0 Å². The van der Waals surface area contributed by atoms with Gasteiger partial charge in [0, 0.05) is 32.7 Å². The molecule has 1 saturated heterocycles. The van der Waals surface area contributed by atoms with Crippen molar-refractivity contribution in [2.24, 2.45) is 11.1 Å². The van der Waals surface area contributed by atoms with Crippen molar-refractivity contribution < 1.29 is 19.1 Å². The van der Waals surface area contributed by atoms with Crippen LogP contribution in [0.15, 0.2) is 0 Å². The van der Waals surface area contributed by atoms with Crippen molar-refractivity contribution in [3.8, 4) is 0 Å². The lowest BCUT2D eigenvalue weighted by Crippen LogP contribution is -2.49. The highest BCUT2D eigenvalue weighted by molar-refractivity contribution is 5.83. The summed E-state index contributed by atoms with van der Waals surface area (Å²) in [5.41, 5.74) is 5.24. The lowest BCUT2D eigenvalue weighted by Gasteiger charge is -2.34. The molecule has 0 saturated carbocycles. The van der Waals surface area contributed by atoms with E-state index in [1.54, 1.807) is 6.92 Å². The predicted octanol–water partition coefficient (Wildman–Crippen LogP) is 0.201. The minimum atomic E-state index is -0.498. The van der Waals surface area contributed by atoms with E-state index in [1.165, 1.54) is 0 Å². The van der Waals surface area contributed by atoms with E-state index in [4.69, 9.17) is 15.2 Å². The summed E-state index contributed by atoms with van der Waals surface area (Å²) in [4.78, 5) is 23.3. The van der Waals surface area contributed by atoms with Crippen LogP contribution < -0.4 is 11.1 Å². The Kier molecular flexibility index (Phi) is 6.80. The van der Waals surface area contributed by atoms with Gasteiger partial charge in [-0.1, -0.05) is 0 Å². The van der Waals surface area contributed by atoms with Crippen molar-refractivity contribution >= 4 is 11.9 Å². The van der Waals surface area contributed by atoms with Gasteiger partial charge < -0.3 is 20.5 Å². The van der Waals surface area contributed by atoms with Crippen LogP contribution in [0.2, 0.25) is 0 Å². The maximum Gasteiger partial charge on any atom is 0.305 e. The van der Waals surface area contributed by atoms with Crippen LogP contribution in [0.25, 0.3) is 0 Å². The summed E-state index contributed by atoms with van der Waals surface area (Å²) < 4.78 is 10.1. The third kappa shape index (κ3) is 4.80. The molecule has 6 heteroatoms. The number of rotatable bonds is 7. The molecular weight excluding hydrogens is 248 g/mol. The maximum atomic E-state index is 12.2. The highest BCUT2D eigenvalue weighted by Gasteiger charge is 2.38. The third-order valence-corrected chi connectivity index (χ3v) is 3.47. The van der Waals surface area contributed by atoms with Crippen LogP contribution in [0.1, 0.15) is 32.6 Å². The van der Waals surface area contributed by atoms with Gasteiger partial charge in [-0.2, -0.15) is 0 Å². The molecule has 0 aromatic heterocycles. The molecule has 1 fully saturated rings. The van der Waals surface area contributed by atoms with Crippen LogP contribution in [0.4, 0.5) is 0 Å². The number of carbonyl (C=O) groups excluding carboxylic acids is 2. The quantitative estimate of drug-likeness (QED) is 0.510. The Hall–Kier alpha value is -1.14. The molecule has 0 atom stereocenters. The van der Waals surface area contributed by atoms with E-state index < -0.39 is 5.41 Å². The molecule has 19 heavy (non-hydrogen) atoms. The van der Waals surface area contributed by atoms with Crippen molar-refractivity contribution in [3.63, 3.8) is 0 Å². The molecule has 1 rings (SSSR count). The highest BCUT2D eigenvalue weighted by Crippen LogP contribution is 2.29. The van der Waals surface area contributed by atoms with Crippen LogP contribution in [0, 0.1) is 5.41 Å². The second-order valence-corrected chi connectivity index (χ2v) is 4.76. The average Bonchev–Trinajstić information content (AvgIpc) is 2.44. The topological polar surface area (TPSA) is 90.7 Å². The van der Waals surface area contributed by atoms with Gasteiger partial charge in [0.25, 0.3) is 0 Å². The second-order valence-electron chi connectivity index (χ2n) is 4.76. The summed E-state index contributed by atoms with van der Waals surface area (Å²) in [7, 11) is 0. The van der Waals surface area contributed by atoms with E-state index in [9.17, 15) is 9.59 Å². The Bertz CT molecular complexity index is 301.